The normalized spacial score (nSPS) is 11.4. The number of para-hydroxylation sites is 1. The van der Waals surface area contributed by atoms with Crippen LogP contribution in [0.5, 0.6) is 5.75 Å². The first-order chi connectivity index (χ1) is 16.0. The highest BCUT2D eigenvalue weighted by atomic mass is 35.5. The van der Waals surface area contributed by atoms with Gasteiger partial charge in [-0.2, -0.15) is 0 Å². The van der Waals surface area contributed by atoms with Crippen LogP contribution in [0, 0.1) is 6.92 Å². The van der Waals surface area contributed by atoms with Crippen LogP contribution in [0.3, 0.4) is 0 Å². The highest BCUT2D eigenvalue weighted by Crippen LogP contribution is 2.20. The van der Waals surface area contributed by atoms with Gasteiger partial charge in [-0.15, -0.1) is 0 Å². The number of benzene rings is 3. The molecule has 6 nitrogen and oxygen atoms in total. The van der Waals surface area contributed by atoms with Crippen LogP contribution >= 0.6 is 11.6 Å². The van der Waals surface area contributed by atoms with Crippen molar-refractivity contribution in [2.24, 2.45) is 4.99 Å². The number of H-pyrrole nitrogens is 1. The summed E-state index contributed by atoms with van der Waals surface area (Å²) in [6.45, 7) is 2.44. The van der Waals surface area contributed by atoms with Gasteiger partial charge in [0.2, 0.25) is 5.96 Å². The number of aromatic amines is 1. The Hall–Kier alpha value is -3.77. The molecule has 0 atom stereocenters. The lowest BCUT2D eigenvalue weighted by Crippen LogP contribution is -2.36. The number of fused-ring (bicyclic) bond motifs is 1. The zero-order chi connectivity index (χ0) is 23.2. The minimum Gasteiger partial charge on any atom is -0.497 e. The summed E-state index contributed by atoms with van der Waals surface area (Å²) in [4.78, 5) is 20.9. The largest absolute Gasteiger partial charge is 0.497 e. The Morgan fingerprint density at radius 3 is 2.76 bits per heavy atom. The molecule has 0 aliphatic heterocycles. The fourth-order valence-corrected chi connectivity index (χ4v) is 3.80. The van der Waals surface area contributed by atoms with Crippen LogP contribution in [0.4, 0.5) is 5.69 Å². The first kappa shape index (κ1) is 22.4. The number of hydrogen-bond donors (Lipinski definition) is 3. The predicted molar refractivity (Wildman–Crippen MR) is 135 cm³/mol. The molecule has 0 bridgehead atoms. The molecule has 7 heteroatoms. The van der Waals surface area contributed by atoms with Crippen LogP contribution in [-0.4, -0.2) is 30.5 Å². The Bertz CT molecular complexity index is 1310. The van der Waals surface area contributed by atoms with Gasteiger partial charge in [0.25, 0.3) is 5.91 Å². The second-order valence-electron chi connectivity index (χ2n) is 7.61. The molecule has 1 heterocycles. The summed E-state index contributed by atoms with van der Waals surface area (Å²) in [6.07, 6.45) is 2.73. The summed E-state index contributed by atoms with van der Waals surface area (Å²) in [6, 6.07) is 20.7. The number of aliphatic imine (C=N–C) groups is 1. The van der Waals surface area contributed by atoms with E-state index in [-0.39, 0.29) is 5.91 Å². The summed E-state index contributed by atoms with van der Waals surface area (Å²) in [5.41, 5.74) is 4.51. The van der Waals surface area contributed by atoms with Gasteiger partial charge >= 0.3 is 0 Å². The molecule has 0 unspecified atom stereocenters. The van der Waals surface area contributed by atoms with Crippen LogP contribution in [0.2, 0.25) is 5.02 Å². The highest BCUT2D eigenvalue weighted by Gasteiger charge is 2.12. The zero-order valence-corrected chi connectivity index (χ0v) is 19.2. The third-order valence-corrected chi connectivity index (χ3v) is 5.57. The maximum Gasteiger partial charge on any atom is 0.258 e. The van der Waals surface area contributed by atoms with Crippen molar-refractivity contribution in [2.45, 2.75) is 13.3 Å². The second kappa shape index (κ2) is 10.2. The molecule has 0 saturated heterocycles. The molecule has 0 fully saturated rings. The van der Waals surface area contributed by atoms with Crippen LogP contribution in [0.1, 0.15) is 21.5 Å². The number of anilines is 1. The fourth-order valence-electron chi connectivity index (χ4n) is 3.58. The van der Waals surface area contributed by atoms with Gasteiger partial charge in [-0.3, -0.25) is 15.1 Å². The summed E-state index contributed by atoms with van der Waals surface area (Å²) in [5.74, 6) is 0.703. The fraction of sp³-hybridized carbons (Fsp3) is 0.154. The van der Waals surface area contributed by atoms with Gasteiger partial charge in [0.05, 0.1) is 7.11 Å². The molecule has 4 aromatic rings. The lowest BCUT2D eigenvalue weighted by molar-refractivity contribution is 0.0976. The second-order valence-corrected chi connectivity index (χ2v) is 8.05. The monoisotopic (exact) mass is 460 g/mol. The van der Waals surface area contributed by atoms with Gasteiger partial charge < -0.3 is 15.0 Å². The van der Waals surface area contributed by atoms with E-state index in [4.69, 9.17) is 16.3 Å². The molecule has 0 radical (unpaired) electrons. The van der Waals surface area contributed by atoms with Crippen molar-refractivity contribution in [3.05, 3.63) is 94.6 Å². The van der Waals surface area contributed by atoms with Crippen molar-refractivity contribution in [3.8, 4) is 5.75 Å². The van der Waals surface area contributed by atoms with Crippen molar-refractivity contribution >= 4 is 40.1 Å². The number of aromatic nitrogens is 1. The molecular weight excluding hydrogens is 436 g/mol. The van der Waals surface area contributed by atoms with E-state index in [1.165, 1.54) is 10.9 Å². The van der Waals surface area contributed by atoms with Gasteiger partial charge in [0.15, 0.2) is 0 Å². The highest BCUT2D eigenvalue weighted by molar-refractivity contribution is 6.30. The topological polar surface area (TPSA) is 78.5 Å². The molecule has 0 aliphatic carbocycles. The molecule has 168 valence electrons. The quantitative estimate of drug-likeness (QED) is 0.259. The Morgan fingerprint density at radius 1 is 1.09 bits per heavy atom. The minimum absolute atomic E-state index is 0.279. The van der Waals surface area contributed by atoms with E-state index >= 15 is 0 Å². The molecule has 3 N–H and O–H groups in total. The number of amides is 1. The molecule has 3 aromatic carbocycles. The molecule has 4 rings (SSSR count). The Balaban J connectivity index is 1.55. The third-order valence-electron chi connectivity index (χ3n) is 5.33. The van der Waals surface area contributed by atoms with Crippen LogP contribution < -0.4 is 15.4 Å². The number of hydrogen-bond acceptors (Lipinski definition) is 3. The molecule has 0 spiro atoms. The molecular formula is C26H25ClN4O2. The van der Waals surface area contributed by atoms with Crippen molar-refractivity contribution in [1.82, 2.24) is 10.3 Å². The average Bonchev–Trinajstić information content (AvgIpc) is 3.24. The van der Waals surface area contributed by atoms with E-state index in [0.717, 1.165) is 23.2 Å². The van der Waals surface area contributed by atoms with Gasteiger partial charge in [-0.25, -0.2) is 0 Å². The standard InChI is InChI=1S/C26H25ClN4O2/c1-17-14-20(27)10-11-23(17)30-26(31-25(32)18-6-5-7-21(15-18)33-2)28-13-12-19-16-29-24-9-4-3-8-22(19)24/h3-11,14-16,29H,12-13H2,1-2H3,(H2,28,30,31,32). The van der Waals surface area contributed by atoms with Gasteiger partial charge in [0.1, 0.15) is 5.75 Å². The summed E-state index contributed by atoms with van der Waals surface area (Å²) >= 11 is 6.09. The van der Waals surface area contributed by atoms with E-state index in [1.54, 1.807) is 37.4 Å². The lowest BCUT2D eigenvalue weighted by Gasteiger charge is -2.14. The van der Waals surface area contributed by atoms with Crippen LogP contribution in [0.25, 0.3) is 10.9 Å². The molecule has 33 heavy (non-hydrogen) atoms. The van der Waals surface area contributed by atoms with E-state index in [0.29, 0.717) is 28.8 Å². The van der Waals surface area contributed by atoms with E-state index in [1.807, 2.05) is 43.5 Å². The number of nitrogens with one attached hydrogen (secondary N) is 3. The lowest BCUT2D eigenvalue weighted by atomic mass is 10.1. The maximum absolute atomic E-state index is 12.9. The summed E-state index contributed by atoms with van der Waals surface area (Å²) in [7, 11) is 1.57. The van der Waals surface area contributed by atoms with Crippen molar-refractivity contribution < 1.29 is 9.53 Å². The van der Waals surface area contributed by atoms with Crippen molar-refractivity contribution in [2.75, 3.05) is 19.0 Å². The Kier molecular flexibility index (Phi) is 6.95. The van der Waals surface area contributed by atoms with Gasteiger partial charge in [-0.1, -0.05) is 35.9 Å². The van der Waals surface area contributed by atoms with Gasteiger partial charge in [0, 0.05) is 39.9 Å². The van der Waals surface area contributed by atoms with E-state index in [9.17, 15) is 4.79 Å². The average molecular weight is 461 g/mol. The number of aryl methyl sites for hydroxylation is 1. The smallest absolute Gasteiger partial charge is 0.258 e. The molecule has 0 saturated carbocycles. The van der Waals surface area contributed by atoms with Gasteiger partial charge in [-0.05, 0) is 66.9 Å². The predicted octanol–water partition coefficient (Wildman–Crippen LogP) is 5.58. The number of methoxy groups -OCH3 is 1. The zero-order valence-electron chi connectivity index (χ0n) is 18.5. The van der Waals surface area contributed by atoms with Crippen molar-refractivity contribution in [3.63, 3.8) is 0 Å². The van der Waals surface area contributed by atoms with E-state index in [2.05, 4.69) is 26.7 Å². The first-order valence-electron chi connectivity index (χ1n) is 10.6. The number of halogens is 1. The number of ether oxygens (including phenoxy) is 1. The number of nitrogens with zero attached hydrogens (tertiary/aromatic N) is 1. The number of guanidine groups is 1. The molecule has 1 amide bonds. The Labute approximate surface area is 197 Å². The maximum atomic E-state index is 12.9. The third kappa shape index (κ3) is 5.54. The summed E-state index contributed by atoms with van der Waals surface area (Å²) in [5, 5.41) is 7.96. The minimum atomic E-state index is -0.279. The summed E-state index contributed by atoms with van der Waals surface area (Å²) < 4.78 is 5.23. The number of rotatable bonds is 6. The number of carbonyl (C=O) groups excluding carboxylic acids is 1. The van der Waals surface area contributed by atoms with Crippen LogP contribution in [0.15, 0.2) is 77.9 Å². The first-order valence-corrected chi connectivity index (χ1v) is 11.0. The Morgan fingerprint density at radius 2 is 1.94 bits per heavy atom. The van der Waals surface area contributed by atoms with E-state index < -0.39 is 0 Å². The SMILES string of the molecule is COc1cccc(C(=O)NC(=NCCc2c[nH]c3ccccc23)Nc2ccc(Cl)cc2C)c1. The van der Waals surface area contributed by atoms with Crippen molar-refractivity contribution in [1.29, 1.82) is 0 Å². The molecule has 1 aromatic heterocycles. The number of carbonyl (C=O) groups is 1. The van der Waals surface area contributed by atoms with Crippen LogP contribution in [-0.2, 0) is 6.42 Å². The molecule has 0 aliphatic rings.